The van der Waals surface area contributed by atoms with E-state index in [-0.39, 0.29) is 6.15 Å². The Bertz CT molecular complexity index is 448. The Morgan fingerprint density at radius 2 is 1.47 bits per heavy atom. The minimum atomic E-state index is -4.51. The Morgan fingerprint density at radius 3 is 1.68 bits per heavy atom. The van der Waals surface area contributed by atoms with Gasteiger partial charge in [0.15, 0.2) is 0 Å². The molecule has 0 fully saturated rings. The van der Waals surface area contributed by atoms with Crippen molar-refractivity contribution in [2.24, 2.45) is 0 Å². The topological polar surface area (TPSA) is 148 Å². The molecule has 0 aliphatic carbocycles. The molecule has 0 spiro atoms. The molecule has 110 valence electrons. The van der Waals surface area contributed by atoms with Gasteiger partial charge in [0.1, 0.15) is 10.9 Å². The first kappa shape index (κ1) is 19.6. The summed E-state index contributed by atoms with van der Waals surface area (Å²) in [6.45, 7) is 8.71. The van der Waals surface area contributed by atoms with E-state index in [0.29, 0.717) is 0 Å². The SMILES string of the molecule is C=CC(=O)NC(NC(=O)C=C)C(C)(C)S(=O)(=O)O.N. The van der Waals surface area contributed by atoms with E-state index in [0.717, 1.165) is 26.0 Å². The number of rotatable bonds is 6. The van der Waals surface area contributed by atoms with Gasteiger partial charge in [-0.3, -0.25) is 14.1 Å². The summed E-state index contributed by atoms with van der Waals surface area (Å²) < 4.78 is 29.8. The van der Waals surface area contributed by atoms with Crippen LogP contribution in [0.25, 0.3) is 0 Å². The Balaban J connectivity index is 0. The minimum absolute atomic E-state index is 0. The molecule has 0 aromatic rings. The zero-order chi connectivity index (χ0) is 14.6. The van der Waals surface area contributed by atoms with Crippen molar-refractivity contribution in [3.05, 3.63) is 25.3 Å². The van der Waals surface area contributed by atoms with E-state index >= 15 is 0 Å². The number of amides is 2. The van der Waals surface area contributed by atoms with Crippen molar-refractivity contribution < 1.29 is 22.6 Å². The van der Waals surface area contributed by atoms with Crippen molar-refractivity contribution in [2.45, 2.75) is 24.8 Å². The van der Waals surface area contributed by atoms with E-state index in [9.17, 15) is 18.0 Å². The van der Waals surface area contributed by atoms with Crippen molar-refractivity contribution in [2.75, 3.05) is 0 Å². The van der Waals surface area contributed by atoms with E-state index in [4.69, 9.17) is 4.55 Å². The van der Waals surface area contributed by atoms with Gasteiger partial charge in [-0.05, 0) is 26.0 Å². The highest BCUT2D eigenvalue weighted by molar-refractivity contribution is 7.87. The van der Waals surface area contributed by atoms with Crippen molar-refractivity contribution in [1.82, 2.24) is 16.8 Å². The number of nitrogens with one attached hydrogen (secondary N) is 2. The van der Waals surface area contributed by atoms with Crippen LogP contribution in [0.1, 0.15) is 13.8 Å². The van der Waals surface area contributed by atoms with Gasteiger partial charge >= 0.3 is 0 Å². The van der Waals surface area contributed by atoms with Crippen LogP contribution in [0.15, 0.2) is 25.3 Å². The lowest BCUT2D eigenvalue weighted by atomic mass is 10.1. The molecule has 0 heterocycles. The van der Waals surface area contributed by atoms with E-state index in [1.807, 2.05) is 0 Å². The van der Waals surface area contributed by atoms with E-state index < -0.39 is 32.8 Å². The second kappa shape index (κ2) is 7.02. The summed E-state index contributed by atoms with van der Waals surface area (Å²) in [4.78, 5) is 22.4. The Morgan fingerprint density at radius 1 is 1.16 bits per heavy atom. The number of hydrogen-bond acceptors (Lipinski definition) is 5. The third kappa shape index (κ3) is 5.20. The fourth-order valence-electron chi connectivity index (χ4n) is 0.935. The fraction of sp³-hybridized carbons (Fsp3) is 0.400. The van der Waals surface area contributed by atoms with Gasteiger partial charge in [0.2, 0.25) is 11.8 Å². The third-order valence-corrected chi connectivity index (χ3v) is 3.87. The monoisotopic (exact) mass is 293 g/mol. The summed E-state index contributed by atoms with van der Waals surface area (Å²) in [5.41, 5.74) is 0. The molecule has 0 aliphatic rings. The summed E-state index contributed by atoms with van der Waals surface area (Å²) in [6, 6.07) is 0. The third-order valence-electron chi connectivity index (χ3n) is 2.30. The summed E-state index contributed by atoms with van der Waals surface area (Å²) >= 11 is 0. The Labute approximate surface area is 112 Å². The van der Waals surface area contributed by atoms with Gasteiger partial charge in [-0.2, -0.15) is 8.42 Å². The molecule has 0 saturated carbocycles. The lowest BCUT2D eigenvalue weighted by Gasteiger charge is -2.31. The van der Waals surface area contributed by atoms with Gasteiger partial charge in [0.05, 0.1) is 0 Å². The first-order chi connectivity index (χ1) is 8.06. The molecule has 9 heteroatoms. The second-order valence-corrected chi connectivity index (χ2v) is 5.94. The van der Waals surface area contributed by atoms with Crippen LogP contribution in [0.4, 0.5) is 0 Å². The van der Waals surface area contributed by atoms with Crippen LogP contribution in [0, 0.1) is 0 Å². The maximum Gasteiger partial charge on any atom is 0.274 e. The van der Waals surface area contributed by atoms with E-state index in [2.05, 4.69) is 23.8 Å². The molecule has 0 unspecified atom stereocenters. The maximum atomic E-state index is 11.2. The standard InChI is InChI=1S/C10H16N2O5S.H3N/c1-5-7(13)11-9(12-8(14)6-2)10(3,4)18(15,16)17;/h5-6,9H,1-2H2,3-4H3,(H,11,13)(H,12,14)(H,15,16,17);1H3. The van der Waals surface area contributed by atoms with Crippen LogP contribution >= 0.6 is 0 Å². The zero-order valence-electron chi connectivity index (χ0n) is 10.8. The Kier molecular flexibility index (Phi) is 7.25. The first-order valence-corrected chi connectivity index (χ1v) is 6.33. The van der Waals surface area contributed by atoms with Crippen LogP contribution in [-0.2, 0) is 19.7 Å². The highest BCUT2D eigenvalue weighted by Gasteiger charge is 2.42. The maximum absolute atomic E-state index is 11.2. The van der Waals surface area contributed by atoms with Crippen LogP contribution < -0.4 is 16.8 Å². The zero-order valence-corrected chi connectivity index (χ0v) is 11.7. The molecule has 2 amide bonds. The van der Waals surface area contributed by atoms with Gasteiger partial charge in [0.25, 0.3) is 10.1 Å². The van der Waals surface area contributed by atoms with Gasteiger partial charge in [0, 0.05) is 0 Å². The summed E-state index contributed by atoms with van der Waals surface area (Å²) in [5.74, 6) is -1.39. The minimum Gasteiger partial charge on any atom is -0.344 e. The molecule has 8 nitrogen and oxygen atoms in total. The predicted octanol–water partition coefficient (Wildman–Crippen LogP) is -0.255. The molecule has 0 saturated heterocycles. The van der Waals surface area contributed by atoms with Crippen molar-refractivity contribution in [3.8, 4) is 0 Å². The lowest BCUT2D eigenvalue weighted by molar-refractivity contribution is -0.120. The molecule has 0 aromatic carbocycles. The van der Waals surface area contributed by atoms with Crippen LogP contribution in [0.2, 0.25) is 0 Å². The van der Waals surface area contributed by atoms with Crippen molar-refractivity contribution in [1.29, 1.82) is 0 Å². The molecule has 6 N–H and O–H groups in total. The summed E-state index contributed by atoms with van der Waals surface area (Å²) in [5, 5.41) is 4.41. The van der Waals surface area contributed by atoms with Crippen LogP contribution in [-0.4, -0.2) is 35.7 Å². The molecule has 0 rings (SSSR count). The predicted molar refractivity (Wildman–Crippen MR) is 71.1 cm³/mol. The molecule has 0 aromatic heterocycles. The number of hydrogen-bond donors (Lipinski definition) is 4. The average Bonchev–Trinajstić information content (AvgIpc) is 2.25. The molecule has 0 radical (unpaired) electrons. The largest absolute Gasteiger partial charge is 0.344 e. The van der Waals surface area contributed by atoms with Gasteiger partial charge < -0.3 is 16.8 Å². The quantitative estimate of drug-likeness (QED) is 0.301. The summed E-state index contributed by atoms with van der Waals surface area (Å²) in [6.07, 6.45) is 0.490. The van der Waals surface area contributed by atoms with Crippen LogP contribution in [0.3, 0.4) is 0 Å². The van der Waals surface area contributed by atoms with Crippen molar-refractivity contribution >= 4 is 21.9 Å². The average molecular weight is 293 g/mol. The molecular weight excluding hydrogens is 274 g/mol. The molecular formula is C10H19N3O5S. The Hall–Kier alpha value is -1.71. The number of carbonyl (C=O) groups is 2. The van der Waals surface area contributed by atoms with E-state index in [1.165, 1.54) is 0 Å². The van der Waals surface area contributed by atoms with Crippen molar-refractivity contribution in [3.63, 3.8) is 0 Å². The second-order valence-electron chi connectivity index (χ2n) is 3.94. The highest BCUT2D eigenvalue weighted by Crippen LogP contribution is 2.18. The van der Waals surface area contributed by atoms with E-state index in [1.54, 1.807) is 0 Å². The highest BCUT2D eigenvalue weighted by atomic mass is 32.2. The van der Waals surface area contributed by atoms with Gasteiger partial charge in [-0.1, -0.05) is 13.2 Å². The van der Waals surface area contributed by atoms with Gasteiger partial charge in [-0.15, -0.1) is 0 Å². The fourth-order valence-corrected chi connectivity index (χ4v) is 1.35. The molecule has 0 bridgehead atoms. The molecule has 0 aliphatic heterocycles. The smallest absolute Gasteiger partial charge is 0.274 e. The van der Waals surface area contributed by atoms with Crippen LogP contribution in [0.5, 0.6) is 0 Å². The lowest BCUT2D eigenvalue weighted by Crippen LogP contribution is -2.61. The normalized spacial score (nSPS) is 11.2. The van der Waals surface area contributed by atoms with Gasteiger partial charge in [-0.25, -0.2) is 0 Å². The summed E-state index contributed by atoms with van der Waals surface area (Å²) in [7, 11) is -4.51. The molecule has 19 heavy (non-hydrogen) atoms. The first-order valence-electron chi connectivity index (χ1n) is 4.89. The molecule has 0 atom stereocenters. The number of carbonyl (C=O) groups excluding carboxylic acids is 2.